The molecule has 8 aromatic rings. The summed E-state index contributed by atoms with van der Waals surface area (Å²) in [6.07, 6.45) is 3.58. The number of benzene rings is 6. The lowest BCUT2D eigenvalue weighted by molar-refractivity contribution is 0.669. The Kier molecular flexibility index (Phi) is 6.01. The molecule has 0 aliphatic heterocycles. The zero-order valence-corrected chi connectivity index (χ0v) is 25.0. The van der Waals surface area contributed by atoms with Crippen LogP contribution in [0.2, 0.25) is 0 Å². The van der Waals surface area contributed by atoms with E-state index in [4.69, 9.17) is 30.2 Å². The fourth-order valence-corrected chi connectivity index (χ4v) is 6.46. The van der Waals surface area contributed by atoms with Crippen molar-refractivity contribution in [2.45, 2.75) is 0 Å². The quantitative estimate of drug-likeness (QED) is 0.209. The number of hydrogen-bond acceptors (Lipinski definition) is 6. The molecule has 1 aliphatic rings. The molecular formula is C41H25N5O. The van der Waals surface area contributed by atoms with Gasteiger partial charge in [0.1, 0.15) is 11.2 Å². The van der Waals surface area contributed by atoms with Gasteiger partial charge in [-0.15, -0.1) is 0 Å². The number of para-hydroxylation sites is 1. The first-order valence-electron chi connectivity index (χ1n) is 15.4. The van der Waals surface area contributed by atoms with Gasteiger partial charge < -0.3 is 4.42 Å². The summed E-state index contributed by atoms with van der Waals surface area (Å²) in [6.45, 7) is 0. The van der Waals surface area contributed by atoms with E-state index in [0.29, 0.717) is 17.5 Å². The third-order valence-electron chi connectivity index (χ3n) is 8.78. The molecule has 0 bridgehead atoms. The summed E-state index contributed by atoms with van der Waals surface area (Å²) in [5.74, 6) is 1.69. The third-order valence-corrected chi connectivity index (χ3v) is 8.78. The summed E-state index contributed by atoms with van der Waals surface area (Å²) in [5, 5.41) is 20.7. The first-order valence-corrected chi connectivity index (χ1v) is 15.4. The Bertz CT molecular complexity index is 2620. The second-order valence-corrected chi connectivity index (χ2v) is 11.6. The average Bonchev–Trinajstić information content (AvgIpc) is 3.51. The van der Waals surface area contributed by atoms with Crippen molar-refractivity contribution in [1.29, 1.82) is 10.8 Å². The Balaban J connectivity index is 1.26. The minimum absolute atomic E-state index is 0.209. The van der Waals surface area contributed by atoms with E-state index < -0.39 is 0 Å². The number of rotatable bonds is 4. The van der Waals surface area contributed by atoms with Crippen LogP contribution in [-0.4, -0.2) is 26.4 Å². The van der Waals surface area contributed by atoms with Crippen molar-refractivity contribution in [3.05, 3.63) is 145 Å². The first-order chi connectivity index (χ1) is 23.1. The van der Waals surface area contributed by atoms with E-state index >= 15 is 0 Å². The minimum Gasteiger partial charge on any atom is -0.456 e. The molecule has 6 nitrogen and oxygen atoms in total. The number of nitrogens with zero attached hydrogens (tertiary/aromatic N) is 3. The zero-order valence-electron chi connectivity index (χ0n) is 25.0. The Morgan fingerprint density at radius 3 is 2.00 bits per heavy atom. The van der Waals surface area contributed by atoms with E-state index in [9.17, 15) is 0 Å². The summed E-state index contributed by atoms with van der Waals surface area (Å²) in [4.78, 5) is 15.2. The highest BCUT2D eigenvalue weighted by Gasteiger charge is 2.20. The monoisotopic (exact) mass is 603 g/mol. The highest BCUT2D eigenvalue weighted by Crippen LogP contribution is 2.36. The third kappa shape index (κ3) is 4.46. The molecule has 1 aliphatic carbocycles. The molecule has 2 aromatic heterocycles. The highest BCUT2D eigenvalue weighted by atomic mass is 16.3. The topological polar surface area (TPSA) is 99.5 Å². The lowest BCUT2D eigenvalue weighted by Gasteiger charge is -2.16. The Labute approximate surface area is 269 Å². The molecule has 2 heterocycles. The molecule has 9 rings (SSSR count). The molecule has 6 heteroatoms. The van der Waals surface area contributed by atoms with E-state index in [2.05, 4.69) is 48.5 Å². The van der Waals surface area contributed by atoms with E-state index in [1.165, 1.54) is 0 Å². The molecule has 47 heavy (non-hydrogen) atoms. The van der Waals surface area contributed by atoms with E-state index in [1.807, 2.05) is 84.9 Å². The van der Waals surface area contributed by atoms with Gasteiger partial charge in [0.05, 0.1) is 11.4 Å². The van der Waals surface area contributed by atoms with Crippen molar-refractivity contribution in [1.82, 2.24) is 15.0 Å². The summed E-state index contributed by atoms with van der Waals surface area (Å²) >= 11 is 0. The molecule has 0 atom stereocenters. The highest BCUT2D eigenvalue weighted by molar-refractivity contribution is 6.53. The number of nitrogens with one attached hydrogen (secondary N) is 2. The van der Waals surface area contributed by atoms with Crippen LogP contribution >= 0.6 is 0 Å². The number of furan rings is 1. The van der Waals surface area contributed by atoms with Gasteiger partial charge in [-0.2, -0.15) is 0 Å². The van der Waals surface area contributed by atoms with Crippen molar-refractivity contribution in [2.75, 3.05) is 0 Å². The van der Waals surface area contributed by atoms with Gasteiger partial charge in [0, 0.05) is 33.0 Å². The fourth-order valence-electron chi connectivity index (χ4n) is 6.46. The maximum atomic E-state index is 8.59. The van der Waals surface area contributed by atoms with Crippen LogP contribution in [0, 0.1) is 10.8 Å². The zero-order chi connectivity index (χ0) is 31.5. The molecule has 0 fully saturated rings. The van der Waals surface area contributed by atoms with Gasteiger partial charge >= 0.3 is 0 Å². The summed E-state index contributed by atoms with van der Waals surface area (Å²) in [5.41, 5.74) is 8.52. The van der Waals surface area contributed by atoms with Crippen LogP contribution in [0.5, 0.6) is 0 Å². The van der Waals surface area contributed by atoms with Crippen LogP contribution in [0.3, 0.4) is 0 Å². The largest absolute Gasteiger partial charge is 0.456 e. The van der Waals surface area contributed by atoms with Gasteiger partial charge in [0.25, 0.3) is 0 Å². The van der Waals surface area contributed by atoms with E-state index in [-0.39, 0.29) is 11.4 Å². The molecule has 0 saturated carbocycles. The van der Waals surface area contributed by atoms with Gasteiger partial charge in [-0.3, -0.25) is 10.8 Å². The molecule has 0 radical (unpaired) electrons. The SMILES string of the molecule is N=C1C=Cc2ccc3cc(-c4nc(-c5ccc6oc7ccccc7c6c5)nc(-c5ccccc5-c5ccccc5)n4)ccc3c2C1=N. The number of aromatic nitrogens is 3. The molecule has 0 amide bonds. The smallest absolute Gasteiger partial charge is 0.164 e. The van der Waals surface area contributed by atoms with Gasteiger partial charge in [0.15, 0.2) is 17.5 Å². The van der Waals surface area contributed by atoms with Gasteiger partial charge in [0.2, 0.25) is 0 Å². The second-order valence-electron chi connectivity index (χ2n) is 11.6. The Morgan fingerprint density at radius 2 is 1.15 bits per heavy atom. The van der Waals surface area contributed by atoms with Crippen molar-refractivity contribution < 1.29 is 4.42 Å². The molecule has 6 aromatic carbocycles. The fraction of sp³-hybridized carbons (Fsp3) is 0. The van der Waals surface area contributed by atoms with Crippen molar-refractivity contribution in [3.8, 4) is 45.3 Å². The summed E-state index contributed by atoms with van der Waals surface area (Å²) < 4.78 is 6.10. The number of fused-ring (bicyclic) bond motifs is 6. The lowest BCUT2D eigenvalue weighted by Crippen LogP contribution is -2.16. The van der Waals surface area contributed by atoms with Gasteiger partial charge in [-0.05, 0) is 63.9 Å². The van der Waals surface area contributed by atoms with E-state index in [0.717, 1.165) is 71.7 Å². The number of allylic oxidation sites excluding steroid dienone is 1. The van der Waals surface area contributed by atoms with Crippen molar-refractivity contribution in [3.63, 3.8) is 0 Å². The standard InChI is InChI=1S/C41H25N5O/c42-34-20-17-25-14-15-26-22-27(16-19-30(26)37(25)38(34)43)39-44-40(28-18-21-36-33(23-28)31-11-6-7-13-35(31)47-36)46-41(45-39)32-12-5-4-10-29(32)24-8-2-1-3-9-24/h1-23,42-43H. The lowest BCUT2D eigenvalue weighted by atomic mass is 9.89. The Hall–Kier alpha value is -6.53. The van der Waals surface area contributed by atoms with Crippen molar-refractivity contribution in [2.24, 2.45) is 0 Å². The van der Waals surface area contributed by atoms with E-state index in [1.54, 1.807) is 6.08 Å². The molecule has 0 unspecified atom stereocenters. The van der Waals surface area contributed by atoms with Crippen LogP contribution in [0.1, 0.15) is 11.1 Å². The predicted molar refractivity (Wildman–Crippen MR) is 190 cm³/mol. The van der Waals surface area contributed by atoms with Crippen LogP contribution in [-0.2, 0) is 0 Å². The van der Waals surface area contributed by atoms with Crippen LogP contribution in [0.15, 0.2) is 138 Å². The average molecular weight is 604 g/mol. The molecule has 220 valence electrons. The normalized spacial score (nSPS) is 12.7. The molecule has 2 N–H and O–H groups in total. The predicted octanol–water partition coefficient (Wildman–Crippen LogP) is 10.0. The second kappa shape index (κ2) is 10.5. The van der Waals surface area contributed by atoms with Crippen LogP contribution in [0.4, 0.5) is 0 Å². The molecule has 0 spiro atoms. The van der Waals surface area contributed by atoms with Crippen molar-refractivity contribution >= 4 is 50.2 Å². The van der Waals surface area contributed by atoms with Gasteiger partial charge in [-0.1, -0.05) is 103 Å². The maximum absolute atomic E-state index is 8.59. The first kappa shape index (κ1) is 26.8. The molecule has 0 saturated heterocycles. The summed E-state index contributed by atoms with van der Waals surface area (Å²) in [6, 6.07) is 42.7. The van der Waals surface area contributed by atoms with Gasteiger partial charge in [-0.25, -0.2) is 15.0 Å². The Morgan fingerprint density at radius 1 is 0.468 bits per heavy atom. The van der Waals surface area contributed by atoms with Crippen LogP contribution < -0.4 is 0 Å². The molecular weight excluding hydrogens is 578 g/mol. The minimum atomic E-state index is 0.209. The summed E-state index contributed by atoms with van der Waals surface area (Å²) in [7, 11) is 0. The van der Waals surface area contributed by atoms with Crippen LogP contribution in [0.25, 0.3) is 84.1 Å². The maximum Gasteiger partial charge on any atom is 0.164 e. The number of hydrogen-bond donors (Lipinski definition) is 2.